The van der Waals surface area contributed by atoms with Gasteiger partial charge in [-0.25, -0.2) is 4.79 Å². The molecule has 0 saturated heterocycles. The summed E-state index contributed by atoms with van der Waals surface area (Å²) in [6, 6.07) is 0.262. The monoisotopic (exact) mass is 286 g/mol. The third-order valence-electron chi connectivity index (χ3n) is 2.30. The van der Waals surface area contributed by atoms with Crippen molar-refractivity contribution in [2.75, 3.05) is 20.1 Å². The van der Waals surface area contributed by atoms with Crippen LogP contribution in [-0.4, -0.2) is 48.7 Å². The van der Waals surface area contributed by atoms with Crippen molar-refractivity contribution in [1.82, 2.24) is 10.2 Å². The Hall–Kier alpha value is -1.46. The van der Waals surface area contributed by atoms with Gasteiger partial charge in [-0.05, 0) is 40.5 Å². The number of ether oxygens (including phenoxy) is 1. The minimum Gasteiger partial charge on any atom is -0.444 e. The number of nitrogens with one attached hydrogen (secondary N) is 1. The fourth-order valence-corrected chi connectivity index (χ4v) is 1.54. The van der Waals surface area contributed by atoms with Crippen molar-refractivity contribution < 1.29 is 9.53 Å². The van der Waals surface area contributed by atoms with Crippen LogP contribution >= 0.6 is 0 Å². The number of nitrogens with two attached hydrogens (primary N) is 1. The molecule has 3 N–H and O–H groups in total. The molecule has 0 fully saturated rings. The second kappa shape index (κ2) is 7.97. The number of carbonyl (C=O) groups is 1. The summed E-state index contributed by atoms with van der Waals surface area (Å²) >= 11 is 0. The Morgan fingerprint density at radius 1 is 1.35 bits per heavy atom. The maximum Gasteiger partial charge on any atom is 0.410 e. The molecule has 0 saturated carbocycles. The molecular formula is C14H30N4O2. The third kappa shape index (κ3) is 9.47. The SMILES string of the molecule is CC(CN=C(N)NC(C)C)CN(C)C(=O)OC(C)(C)C. The average molecular weight is 286 g/mol. The number of hydrogen-bond donors (Lipinski definition) is 2. The number of carbonyl (C=O) groups excluding carboxylic acids is 1. The minimum atomic E-state index is -0.474. The average Bonchev–Trinajstić information content (AvgIpc) is 2.23. The van der Waals surface area contributed by atoms with Gasteiger partial charge in [0.1, 0.15) is 5.60 Å². The molecule has 0 rings (SSSR count). The van der Waals surface area contributed by atoms with Crippen LogP contribution in [0.4, 0.5) is 4.79 Å². The zero-order chi connectivity index (χ0) is 15.9. The van der Waals surface area contributed by atoms with Crippen LogP contribution in [-0.2, 0) is 4.74 Å². The van der Waals surface area contributed by atoms with E-state index in [1.54, 1.807) is 11.9 Å². The molecule has 0 aromatic rings. The largest absolute Gasteiger partial charge is 0.444 e. The van der Waals surface area contributed by atoms with Gasteiger partial charge in [-0.2, -0.15) is 0 Å². The molecule has 6 nitrogen and oxygen atoms in total. The molecule has 0 aliphatic heterocycles. The van der Waals surface area contributed by atoms with Crippen molar-refractivity contribution in [1.29, 1.82) is 0 Å². The molecule has 0 heterocycles. The first kappa shape index (κ1) is 18.5. The number of hydrogen-bond acceptors (Lipinski definition) is 3. The van der Waals surface area contributed by atoms with Crippen LogP contribution in [0, 0.1) is 5.92 Å². The van der Waals surface area contributed by atoms with Gasteiger partial charge < -0.3 is 20.7 Å². The van der Waals surface area contributed by atoms with E-state index in [2.05, 4.69) is 10.3 Å². The van der Waals surface area contributed by atoms with Crippen molar-refractivity contribution in [3.05, 3.63) is 0 Å². The number of rotatable bonds is 5. The first-order valence-electron chi connectivity index (χ1n) is 7.02. The minimum absolute atomic E-state index is 0.208. The summed E-state index contributed by atoms with van der Waals surface area (Å²) < 4.78 is 5.29. The van der Waals surface area contributed by atoms with E-state index in [9.17, 15) is 4.79 Å². The van der Waals surface area contributed by atoms with E-state index in [1.807, 2.05) is 41.5 Å². The predicted molar refractivity (Wildman–Crippen MR) is 82.8 cm³/mol. The first-order chi connectivity index (χ1) is 9.01. The smallest absolute Gasteiger partial charge is 0.410 e. The normalized spacial score (nSPS) is 14.1. The van der Waals surface area contributed by atoms with Crippen LogP contribution in [0.15, 0.2) is 4.99 Å². The highest BCUT2D eigenvalue weighted by Crippen LogP contribution is 2.10. The van der Waals surface area contributed by atoms with Gasteiger partial charge in [0.2, 0.25) is 0 Å². The quantitative estimate of drug-likeness (QED) is 0.596. The second-order valence-electron chi connectivity index (χ2n) is 6.49. The molecule has 0 aliphatic carbocycles. The van der Waals surface area contributed by atoms with Gasteiger partial charge >= 0.3 is 6.09 Å². The van der Waals surface area contributed by atoms with Gasteiger partial charge in [0.15, 0.2) is 5.96 Å². The standard InChI is InChI=1S/C14H30N4O2/c1-10(2)17-12(15)16-8-11(3)9-18(7)13(19)20-14(4,5)6/h10-11H,8-9H2,1-7H3,(H3,15,16,17). The molecule has 20 heavy (non-hydrogen) atoms. The van der Waals surface area contributed by atoms with E-state index in [0.29, 0.717) is 19.0 Å². The Morgan fingerprint density at radius 2 is 1.90 bits per heavy atom. The number of aliphatic imine (C=N–C) groups is 1. The first-order valence-corrected chi connectivity index (χ1v) is 7.02. The van der Waals surface area contributed by atoms with Crippen LogP contribution in [0.1, 0.15) is 41.5 Å². The molecular weight excluding hydrogens is 256 g/mol. The molecule has 0 bridgehead atoms. The van der Waals surface area contributed by atoms with E-state index in [0.717, 1.165) is 0 Å². The molecule has 0 aromatic carbocycles. The van der Waals surface area contributed by atoms with Crippen LogP contribution in [0.25, 0.3) is 0 Å². The Kier molecular flexibility index (Phi) is 7.39. The summed E-state index contributed by atoms with van der Waals surface area (Å²) in [6.45, 7) is 12.7. The van der Waals surface area contributed by atoms with Gasteiger partial charge in [-0.3, -0.25) is 4.99 Å². The maximum atomic E-state index is 11.8. The number of guanidine groups is 1. The zero-order valence-corrected chi connectivity index (χ0v) is 13.9. The summed E-state index contributed by atoms with van der Waals surface area (Å²) in [6.07, 6.45) is -0.318. The predicted octanol–water partition coefficient (Wildman–Crippen LogP) is 1.80. The van der Waals surface area contributed by atoms with Crippen LogP contribution < -0.4 is 11.1 Å². The molecule has 1 unspecified atom stereocenters. The molecule has 0 spiro atoms. The number of amides is 1. The summed E-state index contributed by atoms with van der Waals surface area (Å²) in [5.74, 6) is 0.645. The van der Waals surface area contributed by atoms with Crippen molar-refractivity contribution >= 4 is 12.1 Å². The Balaban J connectivity index is 4.20. The fourth-order valence-electron chi connectivity index (χ4n) is 1.54. The summed E-state index contributed by atoms with van der Waals surface area (Å²) in [5, 5.41) is 3.03. The summed E-state index contributed by atoms with van der Waals surface area (Å²) in [4.78, 5) is 17.6. The Morgan fingerprint density at radius 3 is 2.35 bits per heavy atom. The molecule has 0 radical (unpaired) electrons. The van der Waals surface area contributed by atoms with Gasteiger partial charge in [0.05, 0.1) is 0 Å². The van der Waals surface area contributed by atoms with E-state index in [4.69, 9.17) is 10.5 Å². The maximum absolute atomic E-state index is 11.8. The summed E-state index contributed by atoms with van der Waals surface area (Å²) in [5.41, 5.74) is 5.26. The number of nitrogens with zero attached hydrogens (tertiary/aromatic N) is 2. The molecule has 6 heteroatoms. The van der Waals surface area contributed by atoms with Crippen molar-refractivity contribution in [3.63, 3.8) is 0 Å². The summed E-state index contributed by atoms with van der Waals surface area (Å²) in [7, 11) is 1.73. The van der Waals surface area contributed by atoms with Crippen LogP contribution in [0.2, 0.25) is 0 Å². The van der Waals surface area contributed by atoms with Gasteiger partial charge in [-0.1, -0.05) is 6.92 Å². The van der Waals surface area contributed by atoms with Gasteiger partial charge in [-0.15, -0.1) is 0 Å². The Labute approximate surface area is 122 Å². The van der Waals surface area contributed by atoms with Gasteiger partial charge in [0, 0.05) is 26.2 Å². The topological polar surface area (TPSA) is 80.0 Å². The third-order valence-corrected chi connectivity index (χ3v) is 2.30. The highest BCUT2D eigenvalue weighted by atomic mass is 16.6. The lowest BCUT2D eigenvalue weighted by Gasteiger charge is -2.26. The lowest BCUT2D eigenvalue weighted by molar-refractivity contribution is 0.0279. The molecule has 0 aromatic heterocycles. The lowest BCUT2D eigenvalue weighted by atomic mass is 10.2. The van der Waals surface area contributed by atoms with E-state index in [1.165, 1.54) is 0 Å². The van der Waals surface area contributed by atoms with Crippen molar-refractivity contribution in [3.8, 4) is 0 Å². The fraction of sp³-hybridized carbons (Fsp3) is 0.857. The lowest BCUT2D eigenvalue weighted by Crippen LogP contribution is -2.38. The molecule has 118 valence electrons. The van der Waals surface area contributed by atoms with E-state index >= 15 is 0 Å². The highest BCUT2D eigenvalue weighted by Gasteiger charge is 2.20. The van der Waals surface area contributed by atoms with Crippen molar-refractivity contribution in [2.24, 2.45) is 16.6 Å². The molecule has 0 aliphatic rings. The van der Waals surface area contributed by atoms with Crippen molar-refractivity contribution in [2.45, 2.75) is 53.2 Å². The van der Waals surface area contributed by atoms with Crippen LogP contribution in [0.3, 0.4) is 0 Å². The highest BCUT2D eigenvalue weighted by molar-refractivity contribution is 5.78. The molecule has 1 atom stereocenters. The van der Waals surface area contributed by atoms with E-state index in [-0.39, 0.29) is 18.1 Å². The second-order valence-corrected chi connectivity index (χ2v) is 6.49. The van der Waals surface area contributed by atoms with E-state index < -0.39 is 5.60 Å². The zero-order valence-electron chi connectivity index (χ0n) is 13.9. The molecule has 1 amide bonds. The Bertz CT molecular complexity index is 335. The van der Waals surface area contributed by atoms with Crippen LogP contribution in [0.5, 0.6) is 0 Å². The van der Waals surface area contributed by atoms with Gasteiger partial charge in [0.25, 0.3) is 0 Å².